The zero-order valence-corrected chi connectivity index (χ0v) is 14.1. The Hall–Kier alpha value is -2.93. The highest BCUT2D eigenvalue weighted by molar-refractivity contribution is 5.95. The number of nitrogens with two attached hydrogens (primary N) is 1. The monoisotopic (exact) mass is 343 g/mol. The molecule has 0 aromatic heterocycles. The third-order valence-corrected chi connectivity index (χ3v) is 3.81. The van der Waals surface area contributed by atoms with E-state index in [4.69, 9.17) is 10.5 Å². The average molecular weight is 343 g/mol. The zero-order valence-electron chi connectivity index (χ0n) is 14.1. The molecule has 0 radical (unpaired) electrons. The van der Waals surface area contributed by atoms with Crippen molar-refractivity contribution >= 4 is 11.6 Å². The highest BCUT2D eigenvalue weighted by Gasteiger charge is 2.09. The fraction of sp³-hybridized carbons (Fsp3) is 0.278. The molecule has 25 heavy (non-hydrogen) atoms. The number of nitro groups is 1. The third kappa shape index (κ3) is 5.58. The van der Waals surface area contributed by atoms with Gasteiger partial charge in [-0.15, -0.1) is 0 Å². The first-order valence-electron chi connectivity index (χ1n) is 7.91. The summed E-state index contributed by atoms with van der Waals surface area (Å²) in [5.74, 6) is -0.0269. The second-order valence-electron chi connectivity index (χ2n) is 5.69. The molecule has 0 saturated heterocycles. The minimum absolute atomic E-state index is 0.0959. The molecular weight excluding hydrogens is 322 g/mol. The van der Waals surface area contributed by atoms with E-state index in [-0.39, 0.29) is 5.69 Å². The maximum atomic E-state index is 11.3. The zero-order chi connectivity index (χ0) is 18.2. The highest BCUT2D eigenvalue weighted by Crippen LogP contribution is 2.17. The van der Waals surface area contributed by atoms with Crippen molar-refractivity contribution < 1.29 is 14.5 Å². The van der Waals surface area contributed by atoms with Crippen LogP contribution in [0.25, 0.3) is 0 Å². The number of carbonyl (C=O) groups excluding carboxylic acids is 1. The largest absolute Gasteiger partial charge is 0.491 e. The lowest BCUT2D eigenvalue weighted by molar-refractivity contribution is -0.384. The summed E-state index contributed by atoms with van der Waals surface area (Å²) in [5.41, 5.74) is 6.82. The first-order valence-corrected chi connectivity index (χ1v) is 7.91. The first kappa shape index (κ1) is 18.4. The topological polar surface area (TPSA) is 98.7 Å². The Morgan fingerprint density at radius 3 is 2.48 bits per heavy atom. The number of rotatable bonds is 9. The molecule has 0 aliphatic heterocycles. The molecule has 0 heterocycles. The van der Waals surface area contributed by atoms with Gasteiger partial charge in [0.1, 0.15) is 12.4 Å². The minimum atomic E-state index is -0.512. The van der Waals surface area contributed by atoms with E-state index < -0.39 is 10.8 Å². The quantitative estimate of drug-likeness (QED) is 0.556. The van der Waals surface area contributed by atoms with Crippen LogP contribution in [0.4, 0.5) is 5.69 Å². The fourth-order valence-electron chi connectivity index (χ4n) is 2.32. The highest BCUT2D eigenvalue weighted by atomic mass is 16.6. The maximum Gasteiger partial charge on any atom is 0.269 e. The predicted molar refractivity (Wildman–Crippen MR) is 94.8 cm³/mol. The van der Waals surface area contributed by atoms with Crippen molar-refractivity contribution in [1.82, 2.24) is 4.90 Å². The number of amides is 1. The summed E-state index contributed by atoms with van der Waals surface area (Å²) in [6.07, 6.45) is 0.784. The number of carbonyl (C=O) groups is 1. The van der Waals surface area contributed by atoms with Gasteiger partial charge in [0, 0.05) is 25.2 Å². The van der Waals surface area contributed by atoms with Crippen molar-refractivity contribution in [3.63, 3.8) is 0 Å². The van der Waals surface area contributed by atoms with Gasteiger partial charge in [0.15, 0.2) is 0 Å². The van der Waals surface area contributed by atoms with Gasteiger partial charge in [-0.05, 0) is 31.2 Å². The molecule has 0 aliphatic rings. The second-order valence-corrected chi connectivity index (χ2v) is 5.69. The lowest BCUT2D eigenvalue weighted by atomic mass is 10.1. The molecule has 1 amide bonds. The molecule has 0 spiro atoms. The molecule has 0 fully saturated rings. The maximum absolute atomic E-state index is 11.3. The molecular formula is C18H21N3O4. The number of hydrogen-bond donors (Lipinski definition) is 1. The average Bonchev–Trinajstić information content (AvgIpc) is 2.60. The number of likely N-dealkylation sites (N-methyl/N-ethyl adjacent to an activating group) is 1. The number of hydrogen-bond acceptors (Lipinski definition) is 5. The van der Waals surface area contributed by atoms with Gasteiger partial charge in [0.05, 0.1) is 10.5 Å². The van der Waals surface area contributed by atoms with Gasteiger partial charge < -0.3 is 15.4 Å². The molecule has 2 aromatic rings. The van der Waals surface area contributed by atoms with Gasteiger partial charge in [-0.2, -0.15) is 0 Å². The number of nitrogens with zero attached hydrogens (tertiary/aromatic N) is 2. The molecule has 7 heteroatoms. The first-order chi connectivity index (χ1) is 12.0. The number of para-hydroxylation sites is 1. The van der Waals surface area contributed by atoms with E-state index in [2.05, 4.69) is 4.90 Å². The SMILES string of the molecule is CN(CCOc1ccccc1C(N)=O)CCc1ccc([N+](=O)[O-])cc1. The molecule has 7 nitrogen and oxygen atoms in total. The van der Waals surface area contributed by atoms with Gasteiger partial charge in [-0.3, -0.25) is 14.9 Å². The lowest BCUT2D eigenvalue weighted by Gasteiger charge is -2.17. The standard InChI is InChI=1S/C18H21N3O4/c1-20(11-10-14-6-8-15(9-7-14)21(23)24)12-13-25-17-5-3-2-4-16(17)18(19)22/h2-9H,10-13H2,1H3,(H2,19,22). The van der Waals surface area contributed by atoms with E-state index in [9.17, 15) is 14.9 Å². The molecule has 0 bridgehead atoms. The van der Waals surface area contributed by atoms with Crippen LogP contribution < -0.4 is 10.5 Å². The van der Waals surface area contributed by atoms with Crippen LogP contribution >= 0.6 is 0 Å². The number of benzene rings is 2. The van der Waals surface area contributed by atoms with Crippen LogP contribution in [0.1, 0.15) is 15.9 Å². The molecule has 0 saturated carbocycles. The summed E-state index contributed by atoms with van der Waals surface area (Å²) >= 11 is 0. The summed E-state index contributed by atoms with van der Waals surface area (Å²) in [4.78, 5) is 23.7. The molecule has 132 valence electrons. The van der Waals surface area contributed by atoms with E-state index >= 15 is 0 Å². The van der Waals surface area contributed by atoms with Gasteiger partial charge in [0.2, 0.25) is 0 Å². The fourth-order valence-corrected chi connectivity index (χ4v) is 2.32. The Kier molecular flexibility index (Phi) is 6.47. The van der Waals surface area contributed by atoms with E-state index in [0.717, 1.165) is 18.5 Å². The summed E-state index contributed by atoms with van der Waals surface area (Å²) in [7, 11) is 1.97. The second kappa shape index (κ2) is 8.79. The summed E-state index contributed by atoms with van der Waals surface area (Å²) < 4.78 is 5.65. The molecule has 0 aliphatic carbocycles. The van der Waals surface area contributed by atoms with Crippen LogP contribution in [0.3, 0.4) is 0 Å². The summed E-state index contributed by atoms with van der Waals surface area (Å²) in [5, 5.41) is 10.6. The summed E-state index contributed by atoms with van der Waals surface area (Å²) in [6.45, 7) is 1.90. The van der Waals surface area contributed by atoms with Crippen LogP contribution in [-0.4, -0.2) is 42.5 Å². The molecule has 2 aromatic carbocycles. The van der Waals surface area contributed by atoms with Crippen molar-refractivity contribution in [3.05, 3.63) is 69.8 Å². The van der Waals surface area contributed by atoms with Crippen molar-refractivity contribution in [3.8, 4) is 5.75 Å². The van der Waals surface area contributed by atoms with Gasteiger partial charge in [0.25, 0.3) is 11.6 Å². The van der Waals surface area contributed by atoms with E-state index in [1.54, 1.807) is 36.4 Å². The van der Waals surface area contributed by atoms with Gasteiger partial charge in [-0.25, -0.2) is 0 Å². The van der Waals surface area contributed by atoms with Crippen molar-refractivity contribution in [2.24, 2.45) is 5.73 Å². The van der Waals surface area contributed by atoms with E-state index in [0.29, 0.717) is 24.5 Å². The molecule has 0 atom stereocenters. The Morgan fingerprint density at radius 2 is 1.84 bits per heavy atom. The van der Waals surface area contributed by atoms with Crippen LogP contribution in [0, 0.1) is 10.1 Å². The normalized spacial score (nSPS) is 10.6. The Balaban J connectivity index is 1.76. The van der Waals surface area contributed by atoms with Crippen molar-refractivity contribution in [2.45, 2.75) is 6.42 Å². The number of ether oxygens (including phenoxy) is 1. The van der Waals surface area contributed by atoms with Gasteiger partial charge >= 0.3 is 0 Å². The van der Waals surface area contributed by atoms with E-state index in [1.165, 1.54) is 12.1 Å². The summed E-state index contributed by atoms with van der Waals surface area (Å²) in [6, 6.07) is 13.5. The Bertz CT molecular complexity index is 731. The lowest BCUT2D eigenvalue weighted by Crippen LogP contribution is -2.26. The van der Waals surface area contributed by atoms with Crippen LogP contribution in [0.15, 0.2) is 48.5 Å². The molecule has 2 N–H and O–H groups in total. The van der Waals surface area contributed by atoms with Crippen molar-refractivity contribution in [2.75, 3.05) is 26.7 Å². The number of nitro benzene ring substituents is 1. The Morgan fingerprint density at radius 1 is 1.16 bits per heavy atom. The Labute approximate surface area is 146 Å². The minimum Gasteiger partial charge on any atom is -0.491 e. The third-order valence-electron chi connectivity index (χ3n) is 3.81. The van der Waals surface area contributed by atoms with Crippen LogP contribution in [0.5, 0.6) is 5.75 Å². The van der Waals surface area contributed by atoms with Crippen LogP contribution in [0.2, 0.25) is 0 Å². The predicted octanol–water partition coefficient (Wildman–Crippen LogP) is 2.25. The smallest absolute Gasteiger partial charge is 0.269 e. The molecule has 0 unspecified atom stereocenters. The number of non-ortho nitro benzene ring substituents is 1. The van der Waals surface area contributed by atoms with Gasteiger partial charge in [-0.1, -0.05) is 24.3 Å². The van der Waals surface area contributed by atoms with E-state index in [1.807, 2.05) is 7.05 Å². The molecule has 2 rings (SSSR count). The van der Waals surface area contributed by atoms with Crippen molar-refractivity contribution in [1.29, 1.82) is 0 Å². The van der Waals surface area contributed by atoms with Crippen LogP contribution in [-0.2, 0) is 6.42 Å². The number of primary amides is 1.